The van der Waals surface area contributed by atoms with E-state index in [4.69, 9.17) is 5.11 Å². The smallest absolute Gasteiger partial charge is 0.306 e. The predicted molar refractivity (Wildman–Crippen MR) is 60.6 cm³/mol. The summed E-state index contributed by atoms with van der Waals surface area (Å²) in [7, 11) is 0. The Kier molecular flexibility index (Phi) is 5.58. The van der Waals surface area contributed by atoms with Gasteiger partial charge in [0.25, 0.3) is 0 Å². The Morgan fingerprint density at radius 3 is 2.33 bits per heavy atom. The van der Waals surface area contributed by atoms with E-state index in [1.165, 1.54) is 6.92 Å². The van der Waals surface area contributed by atoms with Crippen LogP contribution in [-0.2, 0) is 4.79 Å². The van der Waals surface area contributed by atoms with Crippen LogP contribution in [-0.4, -0.2) is 21.8 Å². The number of carbonyl (C=O) groups is 1. The van der Waals surface area contributed by atoms with E-state index in [1.54, 1.807) is 6.08 Å². The quantitative estimate of drug-likeness (QED) is 0.668. The summed E-state index contributed by atoms with van der Waals surface area (Å²) in [6, 6.07) is 0. The Bertz CT molecular complexity index is 229. The molecule has 2 unspecified atom stereocenters. The molecule has 3 nitrogen and oxygen atoms in total. The molecule has 0 aromatic carbocycles. The van der Waals surface area contributed by atoms with Gasteiger partial charge in [-0.15, -0.1) is 0 Å². The van der Waals surface area contributed by atoms with Gasteiger partial charge in [0, 0.05) is 0 Å². The van der Waals surface area contributed by atoms with Crippen LogP contribution in [0.3, 0.4) is 0 Å². The average molecular weight is 214 g/mol. The third kappa shape index (κ3) is 6.28. The maximum atomic E-state index is 10.5. The molecule has 0 aromatic heterocycles. The standard InChI is InChI=1S/C12H22O3/c1-5-10(9(2)3)6-7-12(4,15)8-11(13)14/h6-7,9-10,15H,5,8H2,1-4H3,(H,13,14)/b7-6+. The molecular weight excluding hydrogens is 192 g/mol. The van der Waals surface area contributed by atoms with Gasteiger partial charge in [0.2, 0.25) is 0 Å². The minimum atomic E-state index is -1.24. The zero-order valence-electron chi connectivity index (χ0n) is 10.0. The van der Waals surface area contributed by atoms with Gasteiger partial charge in [0.15, 0.2) is 0 Å². The van der Waals surface area contributed by atoms with Crippen LogP contribution in [0.5, 0.6) is 0 Å². The van der Waals surface area contributed by atoms with E-state index in [2.05, 4.69) is 20.8 Å². The molecule has 0 aliphatic heterocycles. The second kappa shape index (κ2) is 5.91. The molecule has 0 saturated heterocycles. The normalized spacial score (nSPS) is 18.0. The second-order valence-electron chi connectivity index (χ2n) is 4.60. The molecule has 15 heavy (non-hydrogen) atoms. The number of rotatable bonds is 6. The number of carboxylic acid groups (broad SMARTS) is 1. The van der Waals surface area contributed by atoms with E-state index >= 15 is 0 Å². The van der Waals surface area contributed by atoms with E-state index in [0.717, 1.165) is 6.42 Å². The molecule has 0 aliphatic rings. The first-order valence-corrected chi connectivity index (χ1v) is 5.42. The largest absolute Gasteiger partial charge is 0.481 e. The predicted octanol–water partition coefficient (Wildman–Crippen LogP) is 2.45. The molecule has 0 radical (unpaired) electrons. The molecule has 2 N–H and O–H groups in total. The van der Waals surface area contributed by atoms with Crippen molar-refractivity contribution in [1.82, 2.24) is 0 Å². The Morgan fingerprint density at radius 1 is 1.47 bits per heavy atom. The van der Waals surface area contributed by atoms with E-state index in [1.807, 2.05) is 6.08 Å². The Hall–Kier alpha value is -0.830. The van der Waals surface area contributed by atoms with Crippen LogP contribution in [0, 0.1) is 11.8 Å². The lowest BCUT2D eigenvalue weighted by atomic mass is 9.90. The van der Waals surface area contributed by atoms with Crippen LogP contribution < -0.4 is 0 Å². The van der Waals surface area contributed by atoms with Crippen molar-refractivity contribution in [2.24, 2.45) is 11.8 Å². The lowest BCUT2D eigenvalue weighted by Crippen LogP contribution is -2.25. The van der Waals surface area contributed by atoms with Crippen molar-refractivity contribution in [3.63, 3.8) is 0 Å². The first-order chi connectivity index (χ1) is 6.78. The number of aliphatic hydroxyl groups is 1. The fraction of sp³-hybridized carbons (Fsp3) is 0.750. The number of aliphatic carboxylic acids is 1. The van der Waals surface area contributed by atoms with Crippen molar-refractivity contribution in [2.75, 3.05) is 0 Å². The fourth-order valence-electron chi connectivity index (χ4n) is 1.53. The van der Waals surface area contributed by atoms with Crippen LogP contribution in [0.2, 0.25) is 0 Å². The summed E-state index contributed by atoms with van der Waals surface area (Å²) in [6.45, 7) is 7.83. The van der Waals surface area contributed by atoms with E-state index in [9.17, 15) is 9.90 Å². The van der Waals surface area contributed by atoms with Crippen molar-refractivity contribution < 1.29 is 15.0 Å². The summed E-state index contributed by atoms with van der Waals surface area (Å²) in [5, 5.41) is 18.3. The first kappa shape index (κ1) is 14.2. The molecular formula is C12H22O3. The zero-order valence-corrected chi connectivity index (χ0v) is 10.0. The van der Waals surface area contributed by atoms with Gasteiger partial charge in [-0.05, 0) is 25.2 Å². The van der Waals surface area contributed by atoms with Crippen molar-refractivity contribution in [3.05, 3.63) is 12.2 Å². The van der Waals surface area contributed by atoms with Crippen LogP contribution in [0.4, 0.5) is 0 Å². The van der Waals surface area contributed by atoms with E-state index in [-0.39, 0.29) is 6.42 Å². The number of carboxylic acids is 1. The Labute approximate surface area is 91.8 Å². The molecule has 0 heterocycles. The Morgan fingerprint density at radius 2 is 2.00 bits per heavy atom. The van der Waals surface area contributed by atoms with Gasteiger partial charge in [-0.3, -0.25) is 4.79 Å². The lowest BCUT2D eigenvalue weighted by molar-refractivity contribution is -0.140. The average Bonchev–Trinajstić information content (AvgIpc) is 2.01. The maximum absolute atomic E-state index is 10.5. The SMILES string of the molecule is CCC(/C=C/C(C)(O)CC(=O)O)C(C)C. The van der Waals surface area contributed by atoms with E-state index in [0.29, 0.717) is 11.8 Å². The molecule has 3 heteroatoms. The third-order valence-corrected chi connectivity index (χ3v) is 2.54. The van der Waals surface area contributed by atoms with Gasteiger partial charge in [-0.25, -0.2) is 0 Å². The molecule has 0 rings (SSSR count). The fourth-order valence-corrected chi connectivity index (χ4v) is 1.53. The molecule has 2 atom stereocenters. The summed E-state index contributed by atoms with van der Waals surface area (Å²) >= 11 is 0. The van der Waals surface area contributed by atoms with Crippen molar-refractivity contribution >= 4 is 5.97 Å². The van der Waals surface area contributed by atoms with Gasteiger partial charge in [0.05, 0.1) is 12.0 Å². The van der Waals surface area contributed by atoms with Crippen LogP contribution in [0.1, 0.15) is 40.5 Å². The summed E-state index contributed by atoms with van der Waals surface area (Å²) in [5.74, 6) is -0.0839. The topological polar surface area (TPSA) is 57.5 Å². The summed E-state index contributed by atoms with van der Waals surface area (Å²) < 4.78 is 0. The molecule has 0 aromatic rings. The highest BCUT2D eigenvalue weighted by atomic mass is 16.4. The van der Waals surface area contributed by atoms with Crippen LogP contribution >= 0.6 is 0 Å². The third-order valence-electron chi connectivity index (χ3n) is 2.54. The van der Waals surface area contributed by atoms with E-state index < -0.39 is 11.6 Å². The molecule has 0 spiro atoms. The Balaban J connectivity index is 4.41. The summed E-state index contributed by atoms with van der Waals surface area (Å²) in [5.41, 5.74) is -1.24. The molecule has 0 fully saturated rings. The highest BCUT2D eigenvalue weighted by Gasteiger charge is 2.21. The number of hydrogen-bond donors (Lipinski definition) is 2. The minimum Gasteiger partial charge on any atom is -0.481 e. The zero-order chi connectivity index (χ0) is 12.1. The van der Waals surface area contributed by atoms with Crippen molar-refractivity contribution in [2.45, 2.75) is 46.1 Å². The van der Waals surface area contributed by atoms with Gasteiger partial charge < -0.3 is 10.2 Å². The van der Waals surface area contributed by atoms with Crippen molar-refractivity contribution in [3.8, 4) is 0 Å². The monoisotopic (exact) mass is 214 g/mol. The summed E-state index contributed by atoms with van der Waals surface area (Å²) in [4.78, 5) is 10.5. The second-order valence-corrected chi connectivity index (χ2v) is 4.60. The lowest BCUT2D eigenvalue weighted by Gasteiger charge is -2.19. The minimum absolute atomic E-state index is 0.252. The van der Waals surface area contributed by atoms with Crippen molar-refractivity contribution in [1.29, 1.82) is 0 Å². The first-order valence-electron chi connectivity index (χ1n) is 5.42. The molecule has 0 aliphatic carbocycles. The van der Waals surface area contributed by atoms with Crippen LogP contribution in [0.25, 0.3) is 0 Å². The van der Waals surface area contributed by atoms with Crippen LogP contribution in [0.15, 0.2) is 12.2 Å². The maximum Gasteiger partial charge on any atom is 0.306 e. The summed E-state index contributed by atoms with van der Waals surface area (Å²) in [6.07, 6.45) is 4.28. The molecule has 0 saturated carbocycles. The van der Waals surface area contributed by atoms with Gasteiger partial charge >= 0.3 is 5.97 Å². The highest BCUT2D eigenvalue weighted by molar-refractivity contribution is 5.68. The molecule has 0 amide bonds. The molecule has 88 valence electrons. The number of hydrogen-bond acceptors (Lipinski definition) is 2. The highest BCUT2D eigenvalue weighted by Crippen LogP contribution is 2.19. The number of allylic oxidation sites excluding steroid dienone is 1. The van der Waals surface area contributed by atoms with Gasteiger partial charge in [-0.2, -0.15) is 0 Å². The van der Waals surface area contributed by atoms with Gasteiger partial charge in [-0.1, -0.05) is 32.9 Å². The molecule has 0 bridgehead atoms. The van der Waals surface area contributed by atoms with Gasteiger partial charge in [0.1, 0.15) is 0 Å².